The lowest BCUT2D eigenvalue weighted by Gasteiger charge is -2.55. The highest BCUT2D eigenvalue weighted by Crippen LogP contribution is 2.50. The Kier molecular flexibility index (Phi) is 5.29. The topological polar surface area (TPSA) is 50.8 Å². The maximum Gasteiger partial charge on any atom is 0.416 e. The van der Waals surface area contributed by atoms with Gasteiger partial charge >= 0.3 is 12.1 Å². The van der Waals surface area contributed by atoms with Crippen LogP contribution in [0, 0.1) is 5.92 Å². The van der Waals surface area contributed by atoms with Gasteiger partial charge in [0.25, 0.3) is 0 Å². The molecule has 1 fully saturated rings. The Morgan fingerprint density at radius 3 is 2.74 bits per heavy atom. The van der Waals surface area contributed by atoms with Crippen molar-refractivity contribution in [3.63, 3.8) is 0 Å². The second-order valence-corrected chi connectivity index (χ2v) is 8.20. The molecule has 1 saturated heterocycles. The van der Waals surface area contributed by atoms with Crippen LogP contribution in [0.15, 0.2) is 42.5 Å². The quantitative estimate of drug-likeness (QED) is 0.498. The zero-order valence-electron chi connectivity index (χ0n) is 16.5. The molecule has 2 aromatic rings. The predicted molar refractivity (Wildman–Crippen MR) is 113 cm³/mol. The minimum Gasteiger partial charge on any atom is -0.466 e. The van der Waals surface area contributed by atoms with Gasteiger partial charge in [-0.15, -0.1) is 0 Å². The van der Waals surface area contributed by atoms with Crippen LogP contribution in [0.2, 0.25) is 5.02 Å². The molecule has 10 heteroatoms. The monoisotopic (exact) mass is 470 g/mol. The van der Waals surface area contributed by atoms with Crippen molar-refractivity contribution >= 4 is 40.6 Å². The summed E-state index contributed by atoms with van der Waals surface area (Å²) in [6.07, 6.45) is -4.54. The number of hydrogen-bond acceptors (Lipinski definition) is 4. The summed E-state index contributed by atoms with van der Waals surface area (Å²) >= 11 is 11.7. The van der Waals surface area contributed by atoms with E-state index < -0.39 is 35.4 Å². The molecule has 5 nitrogen and oxygen atoms in total. The van der Waals surface area contributed by atoms with E-state index in [9.17, 15) is 18.0 Å². The molecule has 2 aromatic carbocycles. The molecule has 31 heavy (non-hydrogen) atoms. The van der Waals surface area contributed by atoms with Gasteiger partial charge in [0.2, 0.25) is 5.72 Å². The van der Waals surface area contributed by atoms with Gasteiger partial charge in [-0.05, 0) is 62.5 Å². The average Bonchev–Trinajstić information content (AvgIpc) is 2.68. The number of esters is 1. The molecule has 0 saturated carbocycles. The van der Waals surface area contributed by atoms with Gasteiger partial charge in [0, 0.05) is 16.3 Å². The van der Waals surface area contributed by atoms with Gasteiger partial charge < -0.3 is 14.8 Å². The minimum atomic E-state index is -4.54. The van der Waals surface area contributed by atoms with E-state index in [0.29, 0.717) is 16.3 Å². The van der Waals surface area contributed by atoms with Crippen LogP contribution >= 0.6 is 23.8 Å². The molecular formula is C21H18ClF3N2O3S. The number of halogens is 4. The van der Waals surface area contributed by atoms with Crippen molar-refractivity contribution in [2.75, 3.05) is 11.5 Å². The van der Waals surface area contributed by atoms with Gasteiger partial charge in [0.15, 0.2) is 5.11 Å². The van der Waals surface area contributed by atoms with Crippen molar-refractivity contribution < 1.29 is 27.4 Å². The lowest BCUT2D eigenvalue weighted by Crippen LogP contribution is -2.71. The first-order chi connectivity index (χ1) is 14.6. The summed E-state index contributed by atoms with van der Waals surface area (Å²) in [5, 5.41) is 3.66. The number of benzene rings is 2. The Hall–Kier alpha value is -2.52. The van der Waals surface area contributed by atoms with Crippen LogP contribution in [0.5, 0.6) is 5.75 Å². The van der Waals surface area contributed by atoms with Crippen molar-refractivity contribution in [3.8, 4) is 5.75 Å². The van der Waals surface area contributed by atoms with Crippen molar-refractivity contribution in [2.24, 2.45) is 5.92 Å². The number of thiocarbonyl (C=S) groups is 1. The Labute approximate surface area is 187 Å². The summed E-state index contributed by atoms with van der Waals surface area (Å²) in [6, 6.07) is 9.05. The number of hydrogen-bond donors (Lipinski definition) is 1. The fourth-order valence-corrected chi connectivity index (χ4v) is 4.75. The zero-order chi connectivity index (χ0) is 22.6. The van der Waals surface area contributed by atoms with Crippen molar-refractivity contribution in [1.82, 2.24) is 5.32 Å². The number of carbonyl (C=O) groups is 1. The fourth-order valence-electron chi connectivity index (χ4n) is 4.16. The third-order valence-electron chi connectivity index (χ3n) is 5.43. The summed E-state index contributed by atoms with van der Waals surface area (Å²) in [4.78, 5) is 14.4. The number of ether oxygens (including phenoxy) is 2. The van der Waals surface area contributed by atoms with E-state index >= 15 is 0 Å². The lowest BCUT2D eigenvalue weighted by atomic mass is 9.79. The summed E-state index contributed by atoms with van der Waals surface area (Å²) in [5.74, 6) is -1.04. The third kappa shape index (κ3) is 3.59. The Morgan fingerprint density at radius 1 is 1.32 bits per heavy atom. The molecule has 2 aliphatic rings. The van der Waals surface area contributed by atoms with Gasteiger partial charge in [-0.3, -0.25) is 9.69 Å². The summed E-state index contributed by atoms with van der Waals surface area (Å²) in [6.45, 7) is 3.42. The van der Waals surface area contributed by atoms with E-state index in [1.807, 2.05) is 0 Å². The molecule has 1 N–H and O–H groups in total. The standard InChI is InChI=1S/C21H18ClF3N2O3S/c1-3-29-18(28)16-17-14-10-12(22)7-8-15(14)30-20(16,2)27(19(31)26-17)13-6-4-5-11(9-13)21(23,24)25/h4-10,16-17H,3H2,1-2H3,(H,26,31)/t16-,17-,20-/m0/s1. The first kappa shape index (κ1) is 21.7. The molecule has 0 unspecified atom stereocenters. The molecule has 2 aliphatic heterocycles. The lowest BCUT2D eigenvalue weighted by molar-refractivity contribution is -0.159. The van der Waals surface area contributed by atoms with E-state index in [0.717, 1.165) is 12.1 Å². The number of nitrogens with one attached hydrogen (secondary N) is 1. The van der Waals surface area contributed by atoms with Crippen LogP contribution in [-0.2, 0) is 15.7 Å². The number of rotatable bonds is 3. The molecule has 2 heterocycles. The Bertz CT molecular complexity index is 1060. The van der Waals surface area contributed by atoms with Crippen LogP contribution < -0.4 is 15.0 Å². The number of alkyl halides is 3. The second-order valence-electron chi connectivity index (χ2n) is 7.38. The second kappa shape index (κ2) is 7.56. The molecule has 0 spiro atoms. The molecule has 0 amide bonds. The number of nitrogens with zero attached hydrogens (tertiary/aromatic N) is 1. The smallest absolute Gasteiger partial charge is 0.416 e. The van der Waals surface area contributed by atoms with Gasteiger partial charge in [-0.25, -0.2) is 0 Å². The van der Waals surface area contributed by atoms with E-state index in [1.165, 1.54) is 17.0 Å². The summed E-state index contributed by atoms with van der Waals surface area (Å²) < 4.78 is 51.5. The molecule has 0 aromatic heterocycles. The van der Waals surface area contributed by atoms with Crippen LogP contribution in [-0.4, -0.2) is 23.4 Å². The van der Waals surface area contributed by atoms with Gasteiger partial charge in [-0.2, -0.15) is 13.2 Å². The van der Waals surface area contributed by atoms with E-state index in [-0.39, 0.29) is 17.4 Å². The van der Waals surface area contributed by atoms with Crippen LogP contribution in [0.3, 0.4) is 0 Å². The molecular weight excluding hydrogens is 453 g/mol. The third-order valence-corrected chi connectivity index (χ3v) is 5.97. The highest BCUT2D eigenvalue weighted by Gasteiger charge is 2.60. The highest BCUT2D eigenvalue weighted by atomic mass is 35.5. The maximum atomic E-state index is 13.3. The molecule has 4 rings (SSSR count). The van der Waals surface area contributed by atoms with Crippen molar-refractivity contribution in [2.45, 2.75) is 31.8 Å². The molecule has 3 atom stereocenters. The highest BCUT2D eigenvalue weighted by molar-refractivity contribution is 7.80. The van der Waals surface area contributed by atoms with E-state index in [1.54, 1.807) is 32.0 Å². The molecule has 0 radical (unpaired) electrons. The number of fused-ring (bicyclic) bond motifs is 4. The Balaban J connectivity index is 1.89. The van der Waals surface area contributed by atoms with E-state index in [4.69, 9.17) is 33.3 Å². The maximum absolute atomic E-state index is 13.3. The van der Waals surface area contributed by atoms with Crippen LogP contribution in [0.1, 0.15) is 31.0 Å². The van der Waals surface area contributed by atoms with Gasteiger partial charge in [0.05, 0.1) is 18.2 Å². The Morgan fingerprint density at radius 2 is 2.06 bits per heavy atom. The predicted octanol–water partition coefficient (Wildman–Crippen LogP) is 5.08. The number of anilines is 1. The zero-order valence-corrected chi connectivity index (χ0v) is 18.1. The fraction of sp³-hybridized carbons (Fsp3) is 0.333. The molecule has 0 aliphatic carbocycles. The summed E-state index contributed by atoms with van der Waals surface area (Å²) in [7, 11) is 0. The summed E-state index contributed by atoms with van der Waals surface area (Å²) in [5.41, 5.74) is -1.52. The first-order valence-electron chi connectivity index (χ1n) is 9.49. The largest absolute Gasteiger partial charge is 0.466 e. The van der Waals surface area contributed by atoms with Crippen molar-refractivity contribution in [3.05, 3.63) is 58.6 Å². The van der Waals surface area contributed by atoms with E-state index in [2.05, 4.69) is 5.32 Å². The first-order valence-corrected chi connectivity index (χ1v) is 10.3. The normalized spacial score (nSPS) is 24.7. The molecule has 164 valence electrons. The number of carbonyl (C=O) groups excluding carboxylic acids is 1. The van der Waals surface area contributed by atoms with Crippen LogP contribution in [0.4, 0.5) is 18.9 Å². The van der Waals surface area contributed by atoms with Gasteiger partial charge in [-0.1, -0.05) is 17.7 Å². The molecule has 2 bridgehead atoms. The SMILES string of the molecule is CCOC(=O)[C@@H]1[C@H]2NC(=S)N(c3cccc(C(F)(F)F)c3)[C@@]1(C)Oc1ccc(Cl)cc12. The van der Waals surface area contributed by atoms with Gasteiger partial charge in [0.1, 0.15) is 11.7 Å². The van der Waals surface area contributed by atoms with Crippen molar-refractivity contribution in [1.29, 1.82) is 0 Å². The minimum absolute atomic E-state index is 0.123. The average molecular weight is 471 g/mol. The van der Waals surface area contributed by atoms with Crippen LogP contribution in [0.25, 0.3) is 0 Å².